The van der Waals surface area contributed by atoms with Crippen LogP contribution in [0.1, 0.15) is 24.0 Å². The van der Waals surface area contributed by atoms with Crippen molar-refractivity contribution in [2.24, 2.45) is 5.73 Å². The zero-order valence-electron chi connectivity index (χ0n) is 12.2. The maximum absolute atomic E-state index is 11.5. The third-order valence-corrected chi connectivity index (χ3v) is 3.11. The molecule has 1 aromatic carbocycles. The highest BCUT2D eigenvalue weighted by molar-refractivity contribution is 5.75. The molecule has 0 saturated carbocycles. The van der Waals surface area contributed by atoms with Gasteiger partial charge in [0, 0.05) is 33.6 Å². The van der Waals surface area contributed by atoms with Crippen LogP contribution in [-0.4, -0.2) is 43.4 Å². The number of carbonyl (C=O) groups excluding carboxylic acids is 1. The summed E-state index contributed by atoms with van der Waals surface area (Å²) in [5, 5.41) is 0. The van der Waals surface area contributed by atoms with E-state index < -0.39 is 0 Å². The fourth-order valence-electron chi connectivity index (χ4n) is 1.97. The van der Waals surface area contributed by atoms with Crippen LogP contribution in [0.25, 0.3) is 0 Å². The summed E-state index contributed by atoms with van der Waals surface area (Å²) in [5.74, 6) is 0.193. The van der Waals surface area contributed by atoms with Gasteiger partial charge in [-0.3, -0.25) is 4.79 Å². The molecule has 0 spiro atoms. The third-order valence-electron chi connectivity index (χ3n) is 3.11. The van der Waals surface area contributed by atoms with E-state index in [1.165, 1.54) is 5.56 Å². The summed E-state index contributed by atoms with van der Waals surface area (Å²) < 4.78 is 0. The van der Waals surface area contributed by atoms with Crippen LogP contribution in [0.2, 0.25) is 0 Å². The second-order valence-corrected chi connectivity index (χ2v) is 5.15. The fraction of sp³-hybridized carbons (Fsp3) is 0.533. The van der Waals surface area contributed by atoms with Crippen LogP contribution in [0.3, 0.4) is 0 Å². The van der Waals surface area contributed by atoms with Gasteiger partial charge in [0.25, 0.3) is 0 Å². The Morgan fingerprint density at radius 1 is 1.21 bits per heavy atom. The molecule has 0 unspecified atom stereocenters. The predicted molar refractivity (Wildman–Crippen MR) is 78.6 cm³/mol. The number of amides is 1. The van der Waals surface area contributed by atoms with E-state index in [-0.39, 0.29) is 5.91 Å². The molecule has 0 aliphatic carbocycles. The quantitative estimate of drug-likeness (QED) is 0.810. The van der Waals surface area contributed by atoms with Crippen LogP contribution in [0.15, 0.2) is 24.3 Å². The lowest BCUT2D eigenvalue weighted by Crippen LogP contribution is -2.24. The topological polar surface area (TPSA) is 49.6 Å². The van der Waals surface area contributed by atoms with Crippen LogP contribution in [0.4, 0.5) is 0 Å². The Kier molecular flexibility index (Phi) is 6.53. The average Bonchev–Trinajstić information content (AvgIpc) is 2.38. The molecule has 1 amide bonds. The number of nitrogens with zero attached hydrogens (tertiary/aromatic N) is 2. The van der Waals surface area contributed by atoms with E-state index in [2.05, 4.69) is 24.1 Å². The zero-order valence-corrected chi connectivity index (χ0v) is 12.2. The Labute approximate surface area is 116 Å². The number of hydrogen-bond donors (Lipinski definition) is 1. The molecular weight excluding hydrogens is 238 g/mol. The molecule has 0 aliphatic heterocycles. The first-order valence-electron chi connectivity index (χ1n) is 6.69. The maximum Gasteiger partial charge on any atom is 0.222 e. The van der Waals surface area contributed by atoms with Crippen molar-refractivity contribution < 1.29 is 4.79 Å². The molecule has 0 heterocycles. The fourth-order valence-corrected chi connectivity index (χ4v) is 1.97. The molecule has 0 fully saturated rings. The van der Waals surface area contributed by atoms with E-state index in [1.54, 1.807) is 19.0 Å². The SMILES string of the molecule is CN(CCCC(=O)N(C)C)Cc1cccc(CN)c1. The van der Waals surface area contributed by atoms with Gasteiger partial charge in [-0.2, -0.15) is 0 Å². The highest BCUT2D eigenvalue weighted by atomic mass is 16.2. The predicted octanol–water partition coefficient (Wildman–Crippen LogP) is 1.45. The van der Waals surface area contributed by atoms with Gasteiger partial charge in [0.15, 0.2) is 0 Å². The van der Waals surface area contributed by atoms with Gasteiger partial charge in [-0.25, -0.2) is 0 Å². The summed E-state index contributed by atoms with van der Waals surface area (Å²) in [4.78, 5) is 15.3. The maximum atomic E-state index is 11.5. The van der Waals surface area contributed by atoms with Gasteiger partial charge in [0.05, 0.1) is 0 Å². The molecule has 2 N–H and O–H groups in total. The molecule has 0 aliphatic rings. The first-order valence-corrected chi connectivity index (χ1v) is 6.69. The first kappa shape index (κ1) is 15.7. The highest BCUT2D eigenvalue weighted by Crippen LogP contribution is 2.08. The van der Waals surface area contributed by atoms with Crippen molar-refractivity contribution in [3.8, 4) is 0 Å². The van der Waals surface area contributed by atoms with Crippen molar-refractivity contribution in [1.82, 2.24) is 9.80 Å². The van der Waals surface area contributed by atoms with Crippen molar-refractivity contribution in [1.29, 1.82) is 0 Å². The second kappa shape index (κ2) is 7.92. The van der Waals surface area contributed by atoms with Gasteiger partial charge in [0.2, 0.25) is 5.91 Å². The van der Waals surface area contributed by atoms with E-state index in [0.717, 1.165) is 25.1 Å². The molecule has 4 heteroatoms. The van der Waals surface area contributed by atoms with Crippen molar-refractivity contribution in [3.63, 3.8) is 0 Å². The Morgan fingerprint density at radius 3 is 2.53 bits per heavy atom. The van der Waals surface area contributed by atoms with E-state index >= 15 is 0 Å². The summed E-state index contributed by atoms with van der Waals surface area (Å²) in [7, 11) is 5.67. The number of carbonyl (C=O) groups is 1. The summed E-state index contributed by atoms with van der Waals surface area (Å²) >= 11 is 0. The monoisotopic (exact) mass is 263 g/mol. The lowest BCUT2D eigenvalue weighted by atomic mass is 10.1. The Balaban J connectivity index is 2.34. The average molecular weight is 263 g/mol. The zero-order chi connectivity index (χ0) is 14.3. The molecule has 19 heavy (non-hydrogen) atoms. The van der Waals surface area contributed by atoms with Crippen LogP contribution in [-0.2, 0) is 17.9 Å². The van der Waals surface area contributed by atoms with E-state index in [4.69, 9.17) is 5.73 Å². The lowest BCUT2D eigenvalue weighted by molar-refractivity contribution is -0.128. The van der Waals surface area contributed by atoms with Crippen molar-refractivity contribution in [2.75, 3.05) is 27.7 Å². The van der Waals surface area contributed by atoms with E-state index in [1.807, 2.05) is 12.1 Å². The molecule has 0 saturated heterocycles. The van der Waals surface area contributed by atoms with Gasteiger partial charge in [0.1, 0.15) is 0 Å². The molecule has 1 aromatic rings. The molecular formula is C15H25N3O. The summed E-state index contributed by atoms with van der Waals surface area (Å²) in [6.07, 6.45) is 1.50. The Bertz CT molecular complexity index is 404. The minimum atomic E-state index is 0.193. The summed E-state index contributed by atoms with van der Waals surface area (Å²) in [6.45, 7) is 2.39. The Hall–Kier alpha value is -1.39. The largest absolute Gasteiger partial charge is 0.349 e. The minimum Gasteiger partial charge on any atom is -0.349 e. The molecule has 1 rings (SSSR count). The highest BCUT2D eigenvalue weighted by Gasteiger charge is 2.05. The van der Waals surface area contributed by atoms with Crippen LogP contribution < -0.4 is 5.73 Å². The molecule has 0 bridgehead atoms. The van der Waals surface area contributed by atoms with Gasteiger partial charge in [-0.15, -0.1) is 0 Å². The van der Waals surface area contributed by atoms with Crippen LogP contribution >= 0.6 is 0 Å². The van der Waals surface area contributed by atoms with Crippen LogP contribution in [0.5, 0.6) is 0 Å². The van der Waals surface area contributed by atoms with Gasteiger partial charge >= 0.3 is 0 Å². The molecule has 0 atom stereocenters. The number of rotatable bonds is 7. The normalized spacial score (nSPS) is 10.8. The number of hydrogen-bond acceptors (Lipinski definition) is 3. The molecule has 106 valence electrons. The first-order chi connectivity index (χ1) is 9.02. The summed E-state index contributed by atoms with van der Waals surface area (Å²) in [6, 6.07) is 8.34. The van der Waals surface area contributed by atoms with E-state index in [0.29, 0.717) is 13.0 Å². The van der Waals surface area contributed by atoms with Gasteiger partial charge < -0.3 is 15.5 Å². The van der Waals surface area contributed by atoms with Gasteiger partial charge in [-0.1, -0.05) is 24.3 Å². The minimum absolute atomic E-state index is 0.193. The number of benzene rings is 1. The third kappa shape index (κ3) is 5.85. The summed E-state index contributed by atoms with van der Waals surface area (Å²) in [5.41, 5.74) is 8.06. The lowest BCUT2D eigenvalue weighted by Gasteiger charge is -2.17. The second-order valence-electron chi connectivity index (χ2n) is 5.15. The standard InChI is InChI=1S/C15H25N3O/c1-17(2)15(19)8-5-9-18(3)12-14-7-4-6-13(10-14)11-16/h4,6-7,10H,5,8-9,11-12,16H2,1-3H3. The molecule has 0 radical (unpaired) electrons. The van der Waals surface area contributed by atoms with Crippen molar-refractivity contribution in [3.05, 3.63) is 35.4 Å². The molecule has 0 aromatic heterocycles. The molecule has 4 nitrogen and oxygen atoms in total. The smallest absolute Gasteiger partial charge is 0.222 e. The van der Waals surface area contributed by atoms with Crippen molar-refractivity contribution >= 4 is 5.91 Å². The van der Waals surface area contributed by atoms with Crippen molar-refractivity contribution in [2.45, 2.75) is 25.9 Å². The van der Waals surface area contributed by atoms with Crippen LogP contribution in [0, 0.1) is 0 Å². The van der Waals surface area contributed by atoms with Gasteiger partial charge in [-0.05, 0) is 31.1 Å². The Morgan fingerprint density at radius 2 is 1.89 bits per heavy atom. The van der Waals surface area contributed by atoms with E-state index in [9.17, 15) is 4.79 Å². The number of nitrogens with two attached hydrogens (primary N) is 1.